The van der Waals surface area contributed by atoms with Crippen LogP contribution in [-0.4, -0.2) is 37.0 Å². The molecule has 1 amide bonds. The molecule has 0 aliphatic carbocycles. The summed E-state index contributed by atoms with van der Waals surface area (Å²) in [5.41, 5.74) is 2.56. The van der Waals surface area contributed by atoms with E-state index in [-0.39, 0.29) is 11.3 Å². The van der Waals surface area contributed by atoms with Crippen LogP contribution in [0.5, 0.6) is 5.75 Å². The number of halogens is 1. The quantitative estimate of drug-likeness (QED) is 0.318. The summed E-state index contributed by atoms with van der Waals surface area (Å²) in [6, 6.07) is 13.5. The maximum atomic E-state index is 13.3. The molecule has 3 aromatic rings. The number of thiophene rings is 1. The smallest absolute Gasteiger partial charge is 0.300 e. The van der Waals surface area contributed by atoms with Crippen LogP contribution in [0.3, 0.4) is 0 Å². The maximum Gasteiger partial charge on any atom is 0.300 e. The number of nitrogens with zero attached hydrogens (tertiary/aromatic N) is 2. The standard InChI is InChI=1S/C25H21ClN2O4S/c1-14-16(26)5-3-6-17(14)28-22(20-7-4-12-33-20)21(24(30)25(28)31)23(29)15-8-9-19-18(13-15)27(2)10-11-32-19/h3-9,12-13,22,29H,10-11H2,1-2H3/b23-21-. The summed E-state index contributed by atoms with van der Waals surface area (Å²) in [5.74, 6) is -0.924. The van der Waals surface area contributed by atoms with E-state index in [9.17, 15) is 14.7 Å². The largest absolute Gasteiger partial charge is 0.507 e. The Kier molecular flexibility index (Phi) is 5.38. The van der Waals surface area contributed by atoms with E-state index in [0.29, 0.717) is 40.7 Å². The summed E-state index contributed by atoms with van der Waals surface area (Å²) >= 11 is 7.75. The highest BCUT2D eigenvalue weighted by molar-refractivity contribution is 7.10. The molecular formula is C25H21ClN2O4S. The number of hydrogen-bond donors (Lipinski definition) is 1. The number of anilines is 2. The van der Waals surface area contributed by atoms with Gasteiger partial charge in [0.15, 0.2) is 0 Å². The Labute approximate surface area is 200 Å². The summed E-state index contributed by atoms with van der Waals surface area (Å²) in [6.45, 7) is 3.10. The minimum atomic E-state index is -0.757. The van der Waals surface area contributed by atoms with Gasteiger partial charge in [0.05, 0.1) is 17.8 Å². The average Bonchev–Trinajstić information content (AvgIpc) is 3.43. The van der Waals surface area contributed by atoms with Gasteiger partial charge in [0, 0.05) is 28.2 Å². The summed E-state index contributed by atoms with van der Waals surface area (Å²) < 4.78 is 5.69. The monoisotopic (exact) mass is 480 g/mol. The molecule has 1 saturated heterocycles. The summed E-state index contributed by atoms with van der Waals surface area (Å²) in [6.07, 6.45) is 0. The topological polar surface area (TPSA) is 70.1 Å². The lowest BCUT2D eigenvalue weighted by molar-refractivity contribution is -0.132. The number of carbonyl (C=O) groups is 2. The van der Waals surface area contributed by atoms with Gasteiger partial charge >= 0.3 is 0 Å². The Hall–Kier alpha value is -3.29. The number of amides is 1. The van der Waals surface area contributed by atoms with Crippen LogP contribution in [0, 0.1) is 6.92 Å². The van der Waals surface area contributed by atoms with Crippen molar-refractivity contribution in [3.63, 3.8) is 0 Å². The number of Topliss-reactive ketones (excluding diaryl/α,β-unsaturated/α-hetero) is 1. The van der Waals surface area contributed by atoms with Gasteiger partial charge in [-0.15, -0.1) is 11.3 Å². The second-order valence-corrected chi connectivity index (χ2v) is 9.41. The van der Waals surface area contributed by atoms with Gasteiger partial charge in [0.25, 0.3) is 11.7 Å². The molecule has 2 aliphatic heterocycles. The van der Waals surface area contributed by atoms with Crippen LogP contribution in [-0.2, 0) is 9.59 Å². The van der Waals surface area contributed by atoms with Gasteiger partial charge in [0.1, 0.15) is 24.2 Å². The first kappa shape index (κ1) is 21.6. The fourth-order valence-electron chi connectivity index (χ4n) is 4.31. The van der Waals surface area contributed by atoms with Crippen molar-refractivity contribution in [1.82, 2.24) is 0 Å². The van der Waals surface area contributed by atoms with Crippen LogP contribution < -0.4 is 14.5 Å². The minimum absolute atomic E-state index is 0.0566. The van der Waals surface area contributed by atoms with Crippen LogP contribution >= 0.6 is 22.9 Å². The van der Waals surface area contributed by atoms with E-state index >= 15 is 0 Å². The molecule has 6 nitrogen and oxygen atoms in total. The predicted octanol–water partition coefficient (Wildman–Crippen LogP) is 5.16. The normalized spacial score (nSPS) is 19.5. The van der Waals surface area contributed by atoms with E-state index in [1.807, 2.05) is 36.4 Å². The number of hydrogen-bond acceptors (Lipinski definition) is 6. The molecule has 1 fully saturated rings. The first-order valence-corrected chi connectivity index (χ1v) is 11.7. The second-order valence-electron chi connectivity index (χ2n) is 8.02. The van der Waals surface area contributed by atoms with Crippen LogP contribution in [0.4, 0.5) is 11.4 Å². The number of aliphatic hydroxyl groups is 1. The number of ketones is 1. The highest BCUT2D eigenvalue weighted by Gasteiger charge is 2.48. The van der Waals surface area contributed by atoms with Gasteiger partial charge in [-0.2, -0.15) is 0 Å². The van der Waals surface area contributed by atoms with Crippen LogP contribution in [0.2, 0.25) is 5.02 Å². The number of benzene rings is 2. The number of rotatable bonds is 3. The zero-order chi connectivity index (χ0) is 23.3. The van der Waals surface area contributed by atoms with E-state index in [1.165, 1.54) is 16.2 Å². The SMILES string of the molecule is Cc1c(Cl)cccc1N1C(=O)C(=O)/C(=C(\O)c2ccc3c(c2)N(C)CCO3)C1c1cccs1. The van der Waals surface area contributed by atoms with E-state index < -0.39 is 17.7 Å². The molecular weight excluding hydrogens is 460 g/mol. The zero-order valence-electron chi connectivity index (χ0n) is 18.0. The summed E-state index contributed by atoms with van der Waals surface area (Å²) in [5, 5.41) is 13.7. The average molecular weight is 481 g/mol. The highest BCUT2D eigenvalue weighted by atomic mass is 35.5. The van der Waals surface area contributed by atoms with Crippen molar-refractivity contribution in [2.75, 3.05) is 30.0 Å². The van der Waals surface area contributed by atoms with E-state index in [4.69, 9.17) is 16.3 Å². The number of fused-ring (bicyclic) bond motifs is 1. The first-order valence-electron chi connectivity index (χ1n) is 10.5. The number of likely N-dealkylation sites (N-methyl/N-ethyl adjacent to an activating group) is 1. The Morgan fingerprint density at radius 2 is 1.97 bits per heavy atom. The van der Waals surface area contributed by atoms with Gasteiger partial charge < -0.3 is 14.7 Å². The third-order valence-electron chi connectivity index (χ3n) is 6.08. The van der Waals surface area contributed by atoms with Crippen molar-refractivity contribution in [3.8, 4) is 5.75 Å². The summed E-state index contributed by atoms with van der Waals surface area (Å²) in [7, 11) is 1.94. The molecule has 3 heterocycles. The number of ether oxygens (including phenoxy) is 1. The fourth-order valence-corrected chi connectivity index (χ4v) is 5.30. The molecule has 0 bridgehead atoms. The molecule has 2 aliphatic rings. The lowest BCUT2D eigenvalue weighted by Gasteiger charge is -2.28. The van der Waals surface area contributed by atoms with Gasteiger partial charge in [-0.1, -0.05) is 23.7 Å². The molecule has 5 rings (SSSR count). The first-order chi connectivity index (χ1) is 15.9. The van der Waals surface area contributed by atoms with Crippen molar-refractivity contribution in [2.24, 2.45) is 0 Å². The third-order valence-corrected chi connectivity index (χ3v) is 7.42. The molecule has 0 spiro atoms. The van der Waals surface area contributed by atoms with Crippen molar-refractivity contribution in [3.05, 3.63) is 80.5 Å². The van der Waals surface area contributed by atoms with Crippen LogP contribution in [0.15, 0.2) is 59.5 Å². The minimum Gasteiger partial charge on any atom is -0.507 e. The predicted molar refractivity (Wildman–Crippen MR) is 130 cm³/mol. The molecule has 1 unspecified atom stereocenters. The van der Waals surface area contributed by atoms with Crippen LogP contribution in [0.25, 0.3) is 5.76 Å². The molecule has 33 heavy (non-hydrogen) atoms. The van der Waals surface area contributed by atoms with E-state index in [0.717, 1.165) is 10.6 Å². The third kappa shape index (κ3) is 3.48. The molecule has 1 aromatic heterocycles. The van der Waals surface area contributed by atoms with Gasteiger partial charge in [0.2, 0.25) is 0 Å². The number of carbonyl (C=O) groups excluding carboxylic acids is 2. The molecule has 1 N–H and O–H groups in total. The van der Waals surface area contributed by atoms with Crippen molar-refractivity contribution >= 4 is 51.8 Å². The lowest BCUT2D eigenvalue weighted by atomic mass is 9.99. The molecule has 2 aromatic carbocycles. The molecule has 8 heteroatoms. The van der Waals surface area contributed by atoms with E-state index in [1.54, 1.807) is 36.4 Å². The van der Waals surface area contributed by atoms with Gasteiger partial charge in [-0.3, -0.25) is 14.5 Å². The number of aliphatic hydroxyl groups excluding tert-OH is 1. The highest BCUT2D eigenvalue weighted by Crippen LogP contribution is 2.45. The Bertz CT molecular complexity index is 1300. The Morgan fingerprint density at radius 1 is 1.15 bits per heavy atom. The Morgan fingerprint density at radius 3 is 2.73 bits per heavy atom. The van der Waals surface area contributed by atoms with Gasteiger partial charge in [-0.25, -0.2) is 0 Å². The molecule has 168 valence electrons. The summed E-state index contributed by atoms with van der Waals surface area (Å²) in [4.78, 5) is 30.8. The lowest BCUT2D eigenvalue weighted by Crippen LogP contribution is -2.29. The van der Waals surface area contributed by atoms with Crippen molar-refractivity contribution in [2.45, 2.75) is 13.0 Å². The molecule has 0 radical (unpaired) electrons. The molecule has 1 atom stereocenters. The zero-order valence-corrected chi connectivity index (χ0v) is 19.6. The molecule has 0 saturated carbocycles. The Balaban J connectivity index is 1.70. The maximum absolute atomic E-state index is 13.3. The fraction of sp³-hybridized carbons (Fsp3) is 0.200. The van der Waals surface area contributed by atoms with E-state index in [2.05, 4.69) is 0 Å². The second kappa shape index (κ2) is 8.24. The van der Waals surface area contributed by atoms with Crippen molar-refractivity contribution in [1.29, 1.82) is 0 Å². The van der Waals surface area contributed by atoms with Gasteiger partial charge in [-0.05, 0) is 54.3 Å². The van der Waals surface area contributed by atoms with Crippen molar-refractivity contribution < 1.29 is 19.4 Å². The van der Waals surface area contributed by atoms with Crippen LogP contribution in [0.1, 0.15) is 22.0 Å².